The number of aliphatic hydroxyl groups is 1. The highest BCUT2D eigenvalue weighted by molar-refractivity contribution is 6.30. The number of carbonyl (C=O) groups excluding carboxylic acids is 2. The minimum atomic E-state index is -0.962. The largest absolute Gasteiger partial charge is 0.484 e. The fourth-order valence-electron chi connectivity index (χ4n) is 5.58. The number of aliphatic hydroxyl groups excluding tert-OH is 1. The van der Waals surface area contributed by atoms with Crippen molar-refractivity contribution in [2.24, 2.45) is 5.41 Å². The average molecular weight is 492 g/mol. The highest BCUT2D eigenvalue weighted by Crippen LogP contribution is 2.69. The average Bonchev–Trinajstić information content (AvgIpc) is 2.73. The Hall–Kier alpha value is -2.71. The van der Waals surface area contributed by atoms with Gasteiger partial charge in [-0.05, 0) is 49.3 Å². The molecular formula is C25H24ClF2NO5. The monoisotopic (exact) mass is 491 g/mol. The topological polar surface area (TPSA) is 84.9 Å². The zero-order valence-electron chi connectivity index (χ0n) is 18.5. The Balaban J connectivity index is 1.11. The molecule has 2 N–H and O–H groups in total. The van der Waals surface area contributed by atoms with Gasteiger partial charge in [-0.25, -0.2) is 8.78 Å². The molecule has 1 amide bonds. The Labute approximate surface area is 200 Å². The van der Waals surface area contributed by atoms with E-state index in [-0.39, 0.29) is 58.6 Å². The lowest BCUT2D eigenvalue weighted by Crippen LogP contribution is -2.75. The number of Topliss-reactive ketones (excluding diaryl/α,β-unsaturated/α-hetero) is 1. The molecular weight excluding hydrogens is 468 g/mol. The van der Waals surface area contributed by atoms with Crippen LogP contribution in [0, 0.1) is 24.0 Å². The molecule has 4 aliphatic rings. The molecule has 180 valence electrons. The molecule has 3 saturated carbocycles. The predicted octanol–water partition coefficient (Wildman–Crippen LogP) is 4.19. The van der Waals surface area contributed by atoms with E-state index in [1.54, 1.807) is 19.1 Å². The first-order valence-electron chi connectivity index (χ1n) is 11.1. The Kier molecular flexibility index (Phi) is 5.56. The van der Waals surface area contributed by atoms with E-state index in [1.807, 2.05) is 0 Å². The number of carbonyl (C=O) groups is 2. The zero-order chi connectivity index (χ0) is 24.3. The van der Waals surface area contributed by atoms with Crippen molar-refractivity contribution in [2.45, 2.75) is 56.8 Å². The molecule has 0 saturated heterocycles. The fourth-order valence-corrected chi connectivity index (χ4v) is 5.75. The lowest BCUT2D eigenvalue weighted by atomic mass is 9.38. The maximum absolute atomic E-state index is 13.8. The summed E-state index contributed by atoms with van der Waals surface area (Å²) in [6.45, 7) is 1.43. The molecule has 34 heavy (non-hydrogen) atoms. The molecule has 2 aromatic rings. The van der Waals surface area contributed by atoms with E-state index in [0.29, 0.717) is 30.4 Å². The smallest absolute Gasteiger partial charge is 0.258 e. The first-order valence-corrected chi connectivity index (χ1v) is 11.5. The standard InChI is InChI=1S/C25H24ClF2NO5/c1-13-2-3-14(4-17(13)27)33-9-23(32)29-25-10-24(11-25,12-25)8-20(31)22-7-19(30)15-5-16(26)18(28)6-21(15)34-22/h2-6,19,22,30H,7-12H2,1H3,(H,29,32)/t19-,22-,24?,25?/m0/s1. The second-order valence-corrected chi connectivity index (χ2v) is 10.3. The molecule has 1 heterocycles. The van der Waals surface area contributed by atoms with E-state index in [1.165, 1.54) is 12.1 Å². The van der Waals surface area contributed by atoms with Crippen molar-refractivity contribution in [3.63, 3.8) is 0 Å². The van der Waals surface area contributed by atoms with E-state index >= 15 is 0 Å². The Bertz CT molecular complexity index is 1170. The van der Waals surface area contributed by atoms with Crippen molar-refractivity contribution in [1.29, 1.82) is 0 Å². The number of fused-ring (bicyclic) bond motifs is 1. The van der Waals surface area contributed by atoms with E-state index in [4.69, 9.17) is 21.1 Å². The van der Waals surface area contributed by atoms with E-state index in [0.717, 1.165) is 6.07 Å². The van der Waals surface area contributed by atoms with Gasteiger partial charge in [0.15, 0.2) is 18.5 Å². The van der Waals surface area contributed by atoms with Crippen LogP contribution in [0.25, 0.3) is 0 Å². The summed E-state index contributed by atoms with van der Waals surface area (Å²) in [5, 5.41) is 13.2. The Morgan fingerprint density at radius 2 is 1.94 bits per heavy atom. The number of amides is 1. The molecule has 3 fully saturated rings. The summed E-state index contributed by atoms with van der Waals surface area (Å²) in [4.78, 5) is 25.2. The SMILES string of the molecule is Cc1ccc(OCC(=O)NC23CC(CC(=O)[C@@H]4C[C@H](O)c5cc(Cl)c(F)cc5O4)(C2)C3)cc1F. The summed E-state index contributed by atoms with van der Waals surface area (Å²) < 4.78 is 38.5. The summed E-state index contributed by atoms with van der Waals surface area (Å²) in [5.41, 5.74) is 0.349. The number of rotatable bonds is 7. The van der Waals surface area contributed by atoms with Gasteiger partial charge in [-0.3, -0.25) is 9.59 Å². The maximum atomic E-state index is 13.8. The minimum absolute atomic E-state index is 0.0860. The third-order valence-corrected chi connectivity index (χ3v) is 7.37. The van der Waals surface area contributed by atoms with Crippen LogP contribution in [-0.2, 0) is 9.59 Å². The number of aryl methyl sites for hydroxylation is 1. The van der Waals surface area contributed by atoms with Gasteiger partial charge in [0.25, 0.3) is 5.91 Å². The molecule has 2 aromatic carbocycles. The van der Waals surface area contributed by atoms with Crippen LogP contribution in [-0.4, -0.2) is 35.0 Å². The van der Waals surface area contributed by atoms with Crippen molar-refractivity contribution >= 4 is 23.3 Å². The number of hydrogen-bond donors (Lipinski definition) is 2. The van der Waals surface area contributed by atoms with Gasteiger partial charge in [0.1, 0.15) is 23.1 Å². The summed E-state index contributed by atoms with van der Waals surface area (Å²) in [6, 6.07) is 6.86. The van der Waals surface area contributed by atoms with Crippen molar-refractivity contribution in [1.82, 2.24) is 5.32 Å². The molecule has 3 aliphatic carbocycles. The quantitative estimate of drug-likeness (QED) is 0.606. The molecule has 0 radical (unpaired) electrons. The first kappa shape index (κ1) is 23.1. The molecule has 2 bridgehead atoms. The lowest BCUT2D eigenvalue weighted by molar-refractivity contribution is -0.175. The number of benzene rings is 2. The molecule has 2 atom stereocenters. The van der Waals surface area contributed by atoms with Crippen molar-refractivity contribution in [3.05, 3.63) is 58.1 Å². The minimum Gasteiger partial charge on any atom is -0.484 e. The summed E-state index contributed by atoms with van der Waals surface area (Å²) >= 11 is 5.78. The van der Waals surface area contributed by atoms with Crippen LogP contribution < -0.4 is 14.8 Å². The van der Waals surface area contributed by atoms with Crippen LogP contribution >= 0.6 is 11.6 Å². The molecule has 0 aromatic heterocycles. The third kappa shape index (κ3) is 4.14. The van der Waals surface area contributed by atoms with Gasteiger partial charge >= 0.3 is 0 Å². The lowest BCUT2D eigenvalue weighted by Gasteiger charge is -2.70. The number of nitrogens with one attached hydrogen (secondary N) is 1. The Morgan fingerprint density at radius 3 is 2.65 bits per heavy atom. The highest BCUT2D eigenvalue weighted by atomic mass is 35.5. The maximum Gasteiger partial charge on any atom is 0.258 e. The molecule has 6 rings (SSSR count). The number of ketones is 1. The predicted molar refractivity (Wildman–Crippen MR) is 119 cm³/mol. The molecule has 9 heteroatoms. The molecule has 6 nitrogen and oxygen atoms in total. The number of halogens is 3. The van der Waals surface area contributed by atoms with Crippen molar-refractivity contribution in [2.75, 3.05) is 6.61 Å². The molecule has 0 spiro atoms. The highest BCUT2D eigenvalue weighted by Gasteiger charge is 2.68. The van der Waals surface area contributed by atoms with Gasteiger partial charge in [0.2, 0.25) is 0 Å². The van der Waals surface area contributed by atoms with E-state index in [9.17, 15) is 23.5 Å². The summed E-state index contributed by atoms with van der Waals surface area (Å²) in [6.07, 6.45) is 0.559. The number of hydrogen-bond acceptors (Lipinski definition) is 5. The van der Waals surface area contributed by atoms with Gasteiger partial charge in [-0.15, -0.1) is 0 Å². The van der Waals surface area contributed by atoms with Crippen LogP contribution in [0.3, 0.4) is 0 Å². The van der Waals surface area contributed by atoms with E-state index < -0.39 is 23.8 Å². The molecule has 1 aliphatic heterocycles. The fraction of sp³-hybridized carbons (Fsp3) is 0.440. The van der Waals surface area contributed by atoms with E-state index in [2.05, 4.69) is 5.32 Å². The zero-order valence-corrected chi connectivity index (χ0v) is 19.3. The summed E-state index contributed by atoms with van der Waals surface area (Å²) in [5.74, 6) is -1.09. The number of ether oxygens (including phenoxy) is 2. The normalized spacial score (nSPS) is 28.6. The van der Waals surface area contributed by atoms with Crippen LogP contribution in [0.4, 0.5) is 8.78 Å². The second kappa shape index (κ2) is 8.20. The van der Waals surface area contributed by atoms with Crippen LogP contribution in [0.2, 0.25) is 5.02 Å². The van der Waals surface area contributed by atoms with Gasteiger partial charge in [-0.2, -0.15) is 0 Å². The second-order valence-electron chi connectivity index (χ2n) is 9.86. The van der Waals surface area contributed by atoms with Crippen LogP contribution in [0.5, 0.6) is 11.5 Å². The van der Waals surface area contributed by atoms with Crippen LogP contribution in [0.1, 0.15) is 49.3 Å². The first-order chi connectivity index (χ1) is 16.1. The third-order valence-electron chi connectivity index (χ3n) is 7.08. The van der Waals surface area contributed by atoms with Gasteiger partial charge < -0.3 is 19.9 Å². The van der Waals surface area contributed by atoms with Crippen molar-refractivity contribution < 1.29 is 33.0 Å². The van der Waals surface area contributed by atoms with Gasteiger partial charge in [0.05, 0.1) is 11.1 Å². The van der Waals surface area contributed by atoms with Crippen molar-refractivity contribution in [3.8, 4) is 11.5 Å². The molecule has 0 unspecified atom stereocenters. The van der Waals surface area contributed by atoms with Gasteiger partial charge in [0, 0.05) is 36.1 Å². The summed E-state index contributed by atoms with van der Waals surface area (Å²) in [7, 11) is 0. The van der Waals surface area contributed by atoms with Gasteiger partial charge in [-0.1, -0.05) is 17.7 Å². The van der Waals surface area contributed by atoms with Crippen LogP contribution in [0.15, 0.2) is 30.3 Å². The Morgan fingerprint density at radius 1 is 1.21 bits per heavy atom.